The molecule has 2 unspecified atom stereocenters. The van der Waals surface area contributed by atoms with Crippen LogP contribution in [0.3, 0.4) is 0 Å². The van der Waals surface area contributed by atoms with Gasteiger partial charge >= 0.3 is 6.09 Å². The van der Waals surface area contributed by atoms with Crippen molar-refractivity contribution in [2.24, 2.45) is 5.92 Å². The van der Waals surface area contributed by atoms with E-state index in [0.717, 1.165) is 12.8 Å². The molecule has 6 nitrogen and oxygen atoms in total. The van der Waals surface area contributed by atoms with Crippen molar-refractivity contribution in [3.05, 3.63) is 0 Å². The highest BCUT2D eigenvalue weighted by atomic mass is 32.2. The minimum Gasteiger partial charge on any atom is -0.444 e. The highest BCUT2D eigenvalue weighted by molar-refractivity contribution is 7.89. The van der Waals surface area contributed by atoms with E-state index in [9.17, 15) is 13.2 Å². The predicted molar refractivity (Wildman–Crippen MR) is 89.7 cm³/mol. The lowest BCUT2D eigenvalue weighted by Gasteiger charge is -2.31. The smallest absolute Gasteiger partial charge is 0.410 e. The number of sulfonamides is 1. The van der Waals surface area contributed by atoms with Crippen LogP contribution in [0.15, 0.2) is 0 Å². The summed E-state index contributed by atoms with van der Waals surface area (Å²) in [6, 6.07) is 0.0217. The minimum absolute atomic E-state index is 0.0701. The molecule has 0 radical (unpaired) electrons. The number of ether oxygens (including phenoxy) is 1. The van der Waals surface area contributed by atoms with Crippen LogP contribution in [0.5, 0.6) is 0 Å². The molecule has 2 saturated heterocycles. The maximum absolute atomic E-state index is 12.5. The average molecular weight is 346 g/mol. The number of rotatable bonds is 3. The van der Waals surface area contributed by atoms with Crippen LogP contribution in [0.1, 0.15) is 53.9 Å². The number of carbonyl (C=O) groups excluding carboxylic acids is 1. The third kappa shape index (κ3) is 4.59. The SMILES string of the molecule is CC(C)CS(=O)(=O)N1CCC2CCC(C1)N2C(=O)OC(C)(C)C. The summed E-state index contributed by atoms with van der Waals surface area (Å²) in [5.74, 6) is 0.263. The molecule has 0 saturated carbocycles. The van der Waals surface area contributed by atoms with Crippen molar-refractivity contribution in [3.8, 4) is 0 Å². The molecule has 0 aromatic carbocycles. The van der Waals surface area contributed by atoms with Crippen molar-refractivity contribution in [3.63, 3.8) is 0 Å². The van der Waals surface area contributed by atoms with E-state index in [2.05, 4.69) is 0 Å². The Labute approximate surface area is 140 Å². The molecule has 1 amide bonds. The Morgan fingerprint density at radius 2 is 1.78 bits per heavy atom. The van der Waals surface area contributed by atoms with Gasteiger partial charge in [-0.1, -0.05) is 13.8 Å². The summed E-state index contributed by atoms with van der Waals surface area (Å²) in [4.78, 5) is 14.3. The fraction of sp³-hybridized carbons (Fsp3) is 0.938. The van der Waals surface area contributed by atoms with Crippen LogP contribution < -0.4 is 0 Å². The number of hydrogen-bond donors (Lipinski definition) is 0. The number of carbonyl (C=O) groups is 1. The molecule has 0 N–H and O–H groups in total. The Balaban J connectivity index is 2.12. The number of hydrogen-bond acceptors (Lipinski definition) is 4. The van der Waals surface area contributed by atoms with Gasteiger partial charge in [-0.2, -0.15) is 4.31 Å². The predicted octanol–water partition coefficient (Wildman–Crippen LogP) is 2.45. The summed E-state index contributed by atoms with van der Waals surface area (Å²) in [5.41, 5.74) is -0.535. The second-order valence-corrected chi connectivity index (χ2v) is 10.1. The highest BCUT2D eigenvalue weighted by Crippen LogP contribution is 2.32. The Hall–Kier alpha value is -0.820. The monoisotopic (exact) mass is 346 g/mol. The molecular formula is C16H30N2O4S. The molecule has 23 heavy (non-hydrogen) atoms. The molecule has 2 atom stereocenters. The van der Waals surface area contributed by atoms with E-state index < -0.39 is 15.6 Å². The number of fused-ring (bicyclic) bond motifs is 2. The molecule has 0 aromatic heterocycles. The van der Waals surface area contributed by atoms with Crippen LogP contribution in [0.25, 0.3) is 0 Å². The summed E-state index contributed by atoms with van der Waals surface area (Å²) >= 11 is 0. The fourth-order valence-electron chi connectivity index (χ4n) is 3.44. The topological polar surface area (TPSA) is 66.9 Å². The van der Waals surface area contributed by atoms with Gasteiger partial charge < -0.3 is 9.64 Å². The first-order chi connectivity index (χ1) is 10.5. The van der Waals surface area contributed by atoms with Crippen LogP contribution >= 0.6 is 0 Å². The first kappa shape index (κ1) is 18.5. The molecular weight excluding hydrogens is 316 g/mol. The molecule has 2 aliphatic rings. The van der Waals surface area contributed by atoms with E-state index in [-0.39, 0.29) is 29.8 Å². The van der Waals surface area contributed by atoms with E-state index in [1.54, 1.807) is 9.21 Å². The Bertz CT molecular complexity index is 539. The van der Waals surface area contributed by atoms with E-state index >= 15 is 0 Å². The van der Waals surface area contributed by atoms with Gasteiger partial charge in [0.05, 0.1) is 5.75 Å². The van der Waals surface area contributed by atoms with Gasteiger partial charge in [0, 0.05) is 25.2 Å². The van der Waals surface area contributed by atoms with Crippen LogP contribution in [0.2, 0.25) is 0 Å². The van der Waals surface area contributed by atoms with E-state index in [1.165, 1.54) is 0 Å². The molecule has 2 aliphatic heterocycles. The molecule has 2 fully saturated rings. The third-order valence-electron chi connectivity index (χ3n) is 4.29. The lowest BCUT2D eigenvalue weighted by atomic mass is 10.1. The molecule has 0 aromatic rings. The number of amides is 1. The van der Waals surface area contributed by atoms with Gasteiger partial charge in [-0.15, -0.1) is 0 Å². The maximum Gasteiger partial charge on any atom is 0.410 e. The van der Waals surface area contributed by atoms with E-state index in [1.807, 2.05) is 34.6 Å². The maximum atomic E-state index is 12.5. The van der Waals surface area contributed by atoms with Crippen LogP contribution in [-0.4, -0.2) is 60.2 Å². The van der Waals surface area contributed by atoms with Crippen LogP contribution in [0, 0.1) is 5.92 Å². The molecule has 7 heteroatoms. The van der Waals surface area contributed by atoms with Gasteiger partial charge in [-0.3, -0.25) is 0 Å². The lowest BCUT2D eigenvalue weighted by Crippen LogP contribution is -2.46. The first-order valence-corrected chi connectivity index (χ1v) is 10.1. The van der Waals surface area contributed by atoms with Gasteiger partial charge in [0.15, 0.2) is 0 Å². The van der Waals surface area contributed by atoms with Crippen LogP contribution in [-0.2, 0) is 14.8 Å². The number of nitrogens with zero attached hydrogens (tertiary/aromatic N) is 2. The van der Waals surface area contributed by atoms with Crippen molar-refractivity contribution in [2.75, 3.05) is 18.8 Å². The Kier molecular flexibility index (Phi) is 5.31. The second kappa shape index (κ2) is 6.59. The lowest BCUT2D eigenvalue weighted by molar-refractivity contribution is 0.0158. The Morgan fingerprint density at radius 3 is 2.35 bits per heavy atom. The summed E-state index contributed by atoms with van der Waals surface area (Å²) in [7, 11) is -3.26. The summed E-state index contributed by atoms with van der Waals surface area (Å²) in [5, 5.41) is 0. The molecule has 0 spiro atoms. The third-order valence-corrected chi connectivity index (χ3v) is 6.49. The van der Waals surface area contributed by atoms with Crippen molar-refractivity contribution >= 4 is 16.1 Å². The van der Waals surface area contributed by atoms with Gasteiger partial charge in [0.2, 0.25) is 10.0 Å². The summed E-state index contributed by atoms with van der Waals surface area (Å²) < 4.78 is 32.1. The van der Waals surface area contributed by atoms with Crippen molar-refractivity contribution in [1.29, 1.82) is 0 Å². The first-order valence-electron chi connectivity index (χ1n) is 8.49. The van der Waals surface area contributed by atoms with Gasteiger partial charge in [0.1, 0.15) is 5.60 Å². The van der Waals surface area contributed by atoms with Crippen molar-refractivity contribution < 1.29 is 17.9 Å². The Morgan fingerprint density at radius 1 is 1.17 bits per heavy atom. The molecule has 2 heterocycles. The van der Waals surface area contributed by atoms with Crippen molar-refractivity contribution in [1.82, 2.24) is 9.21 Å². The zero-order chi connectivity index (χ0) is 17.4. The molecule has 2 rings (SSSR count). The quantitative estimate of drug-likeness (QED) is 0.787. The normalized spacial score (nSPS) is 26.4. The zero-order valence-electron chi connectivity index (χ0n) is 14.9. The second-order valence-electron chi connectivity index (χ2n) is 8.09. The fourth-order valence-corrected chi connectivity index (χ4v) is 5.27. The largest absolute Gasteiger partial charge is 0.444 e. The molecule has 2 bridgehead atoms. The average Bonchev–Trinajstić information content (AvgIpc) is 2.59. The van der Waals surface area contributed by atoms with Crippen LogP contribution in [0.4, 0.5) is 4.79 Å². The minimum atomic E-state index is -3.26. The van der Waals surface area contributed by atoms with Gasteiger partial charge in [-0.05, 0) is 46.0 Å². The highest BCUT2D eigenvalue weighted by Gasteiger charge is 2.44. The molecule has 0 aliphatic carbocycles. The van der Waals surface area contributed by atoms with E-state index in [0.29, 0.717) is 19.5 Å². The summed E-state index contributed by atoms with van der Waals surface area (Å²) in [6.45, 7) is 10.3. The van der Waals surface area contributed by atoms with E-state index in [4.69, 9.17) is 4.74 Å². The van der Waals surface area contributed by atoms with Crippen molar-refractivity contribution in [2.45, 2.75) is 71.6 Å². The molecule has 134 valence electrons. The van der Waals surface area contributed by atoms with Gasteiger partial charge in [0.25, 0.3) is 0 Å². The standard InChI is InChI=1S/C16H30N2O4S/c1-12(2)11-23(20,21)17-9-8-13-6-7-14(10-17)18(13)15(19)22-16(3,4)5/h12-14H,6-11H2,1-5H3. The summed E-state index contributed by atoms with van der Waals surface area (Å²) in [6.07, 6.45) is 2.15. The van der Waals surface area contributed by atoms with Gasteiger partial charge in [-0.25, -0.2) is 13.2 Å². The zero-order valence-corrected chi connectivity index (χ0v) is 15.7.